The molecule has 0 aliphatic heterocycles. The number of nitrogens with two attached hydrogens (primary N) is 1. The van der Waals surface area contributed by atoms with Gasteiger partial charge >= 0.3 is 0 Å². The molecule has 3 heterocycles. The largest absolute Gasteiger partial charge is 0.365 e. The maximum absolute atomic E-state index is 12.6. The van der Waals surface area contributed by atoms with E-state index in [1.807, 2.05) is 0 Å². The van der Waals surface area contributed by atoms with E-state index in [0.717, 1.165) is 17.0 Å². The summed E-state index contributed by atoms with van der Waals surface area (Å²) in [7, 11) is 0. The molecule has 24 heavy (non-hydrogen) atoms. The van der Waals surface area contributed by atoms with Crippen LogP contribution in [0.3, 0.4) is 0 Å². The zero-order chi connectivity index (χ0) is 17.6. The monoisotopic (exact) mass is 345 g/mol. The smallest absolute Gasteiger partial charge is 0.267 e. The van der Waals surface area contributed by atoms with Gasteiger partial charge in [0.1, 0.15) is 11.4 Å². The Morgan fingerprint density at radius 2 is 2.00 bits per heavy atom. The van der Waals surface area contributed by atoms with E-state index in [4.69, 9.17) is 5.73 Å². The molecule has 0 unspecified atom stereocenters. The lowest BCUT2D eigenvalue weighted by atomic mass is 10.2. The number of aryl methyl sites for hydroxylation is 3. The van der Waals surface area contributed by atoms with Gasteiger partial charge in [0.05, 0.1) is 22.3 Å². The van der Waals surface area contributed by atoms with Crippen LogP contribution < -0.4 is 11.3 Å². The van der Waals surface area contributed by atoms with Crippen molar-refractivity contribution >= 4 is 33.4 Å². The number of carbonyl (C=O) groups is 2. The molecule has 3 rings (SSSR count). The summed E-state index contributed by atoms with van der Waals surface area (Å²) in [5.74, 6) is -0.938. The standard InChI is InChI=1S/C15H15N5O3S/c1-7-4-8(2)20(18-7)10(21)5-19-6-17-14-11(15(19)23)9(3)12(24-14)13(16)22/h4,6H,5H2,1-3H3,(H2,16,22). The average Bonchev–Trinajstić information content (AvgIpc) is 3.02. The lowest BCUT2D eigenvalue weighted by Gasteiger charge is -2.06. The van der Waals surface area contributed by atoms with E-state index in [1.54, 1.807) is 26.8 Å². The first kappa shape index (κ1) is 16.1. The van der Waals surface area contributed by atoms with Gasteiger partial charge in [0.2, 0.25) is 0 Å². The molecule has 0 saturated carbocycles. The van der Waals surface area contributed by atoms with E-state index in [2.05, 4.69) is 10.1 Å². The molecule has 2 N–H and O–H groups in total. The van der Waals surface area contributed by atoms with E-state index < -0.39 is 5.91 Å². The molecule has 0 fully saturated rings. The van der Waals surface area contributed by atoms with Gasteiger partial charge in [0, 0.05) is 5.69 Å². The minimum absolute atomic E-state index is 0.190. The van der Waals surface area contributed by atoms with E-state index in [0.29, 0.717) is 26.4 Å². The summed E-state index contributed by atoms with van der Waals surface area (Å²) in [6.07, 6.45) is 1.30. The Bertz CT molecular complexity index is 1040. The summed E-state index contributed by atoms with van der Waals surface area (Å²) in [5.41, 5.74) is 6.85. The number of carbonyl (C=O) groups excluding carboxylic acids is 2. The fourth-order valence-corrected chi connectivity index (χ4v) is 3.59. The molecule has 0 spiro atoms. The predicted molar refractivity (Wildman–Crippen MR) is 89.5 cm³/mol. The van der Waals surface area contributed by atoms with E-state index >= 15 is 0 Å². The fraction of sp³-hybridized carbons (Fsp3) is 0.267. The van der Waals surface area contributed by atoms with Gasteiger partial charge in [-0.25, -0.2) is 9.67 Å². The van der Waals surface area contributed by atoms with Gasteiger partial charge in [-0.2, -0.15) is 5.10 Å². The molecule has 9 heteroatoms. The summed E-state index contributed by atoms with van der Waals surface area (Å²) >= 11 is 1.07. The lowest BCUT2D eigenvalue weighted by Crippen LogP contribution is -2.28. The molecule has 0 saturated heterocycles. The van der Waals surface area contributed by atoms with Crippen molar-refractivity contribution in [2.24, 2.45) is 5.73 Å². The number of nitrogens with zero attached hydrogens (tertiary/aromatic N) is 4. The summed E-state index contributed by atoms with van der Waals surface area (Å²) < 4.78 is 2.48. The predicted octanol–water partition coefficient (Wildman–Crippen LogP) is 1.02. The zero-order valence-electron chi connectivity index (χ0n) is 13.4. The number of thiophene rings is 1. The summed E-state index contributed by atoms with van der Waals surface area (Å²) in [4.78, 5) is 41.3. The Balaban J connectivity index is 2.05. The first-order valence-corrected chi connectivity index (χ1v) is 7.96. The second kappa shape index (κ2) is 5.68. The molecule has 1 amide bonds. The van der Waals surface area contributed by atoms with Gasteiger partial charge in [-0.3, -0.25) is 19.0 Å². The van der Waals surface area contributed by atoms with Gasteiger partial charge in [-0.15, -0.1) is 11.3 Å². The molecular weight excluding hydrogens is 330 g/mol. The van der Waals surface area contributed by atoms with Crippen LogP contribution >= 0.6 is 11.3 Å². The number of fused-ring (bicyclic) bond motifs is 1. The Hall–Kier alpha value is -2.81. The second-order valence-electron chi connectivity index (χ2n) is 5.51. The Morgan fingerprint density at radius 3 is 2.58 bits per heavy atom. The number of hydrogen-bond acceptors (Lipinski definition) is 6. The maximum atomic E-state index is 12.6. The molecule has 0 radical (unpaired) electrons. The van der Waals surface area contributed by atoms with Crippen molar-refractivity contribution in [1.29, 1.82) is 0 Å². The first-order chi connectivity index (χ1) is 11.3. The average molecular weight is 345 g/mol. The highest BCUT2D eigenvalue weighted by atomic mass is 32.1. The third-order valence-electron chi connectivity index (χ3n) is 3.69. The van der Waals surface area contributed by atoms with Crippen molar-refractivity contribution in [1.82, 2.24) is 19.3 Å². The summed E-state index contributed by atoms with van der Waals surface area (Å²) in [6.45, 7) is 5.01. The van der Waals surface area contributed by atoms with Gasteiger partial charge in [-0.05, 0) is 32.4 Å². The van der Waals surface area contributed by atoms with Crippen molar-refractivity contribution in [3.63, 3.8) is 0 Å². The molecule has 0 aromatic carbocycles. The third kappa shape index (κ3) is 2.52. The van der Waals surface area contributed by atoms with Crippen molar-refractivity contribution in [3.05, 3.63) is 44.6 Å². The van der Waals surface area contributed by atoms with Crippen LogP contribution in [-0.4, -0.2) is 31.1 Å². The van der Waals surface area contributed by atoms with E-state index in [-0.39, 0.29) is 18.0 Å². The molecule has 0 aliphatic carbocycles. The van der Waals surface area contributed by atoms with Gasteiger partial charge in [0.15, 0.2) is 0 Å². The van der Waals surface area contributed by atoms with E-state index in [1.165, 1.54) is 15.6 Å². The van der Waals surface area contributed by atoms with Crippen molar-refractivity contribution in [2.45, 2.75) is 27.3 Å². The quantitative estimate of drug-likeness (QED) is 0.761. The second-order valence-corrected chi connectivity index (χ2v) is 6.51. The molecular formula is C15H15N5O3S. The molecule has 0 bridgehead atoms. The van der Waals surface area contributed by atoms with Crippen LogP contribution in [0.1, 0.15) is 31.4 Å². The zero-order valence-corrected chi connectivity index (χ0v) is 14.2. The minimum atomic E-state index is -0.597. The lowest BCUT2D eigenvalue weighted by molar-refractivity contribution is 0.0870. The molecule has 0 atom stereocenters. The van der Waals surface area contributed by atoms with Crippen LogP contribution in [0.25, 0.3) is 10.2 Å². The van der Waals surface area contributed by atoms with Gasteiger partial charge < -0.3 is 5.73 Å². The van der Waals surface area contributed by atoms with Crippen LogP contribution in [0.2, 0.25) is 0 Å². The molecule has 8 nitrogen and oxygen atoms in total. The fourth-order valence-electron chi connectivity index (χ4n) is 2.60. The minimum Gasteiger partial charge on any atom is -0.365 e. The normalized spacial score (nSPS) is 11.1. The molecule has 0 aliphatic rings. The molecule has 124 valence electrons. The van der Waals surface area contributed by atoms with Crippen molar-refractivity contribution in [2.75, 3.05) is 0 Å². The summed E-state index contributed by atoms with van der Waals surface area (Å²) in [6, 6.07) is 1.78. The Morgan fingerprint density at radius 1 is 1.29 bits per heavy atom. The van der Waals surface area contributed by atoms with Gasteiger partial charge in [0.25, 0.3) is 17.4 Å². The highest BCUT2D eigenvalue weighted by molar-refractivity contribution is 7.20. The van der Waals surface area contributed by atoms with Crippen molar-refractivity contribution < 1.29 is 9.59 Å². The first-order valence-electron chi connectivity index (χ1n) is 7.14. The van der Waals surface area contributed by atoms with Crippen LogP contribution in [-0.2, 0) is 6.54 Å². The highest BCUT2D eigenvalue weighted by Gasteiger charge is 2.19. The molecule has 3 aromatic rings. The topological polar surface area (TPSA) is 113 Å². The van der Waals surface area contributed by atoms with Crippen molar-refractivity contribution in [3.8, 4) is 0 Å². The van der Waals surface area contributed by atoms with Gasteiger partial charge in [-0.1, -0.05) is 0 Å². The van der Waals surface area contributed by atoms with Crippen LogP contribution in [0.4, 0.5) is 0 Å². The number of primary amides is 1. The SMILES string of the molecule is Cc1cc(C)n(C(=O)Cn2cnc3sc(C(N)=O)c(C)c3c2=O)n1. The highest BCUT2D eigenvalue weighted by Crippen LogP contribution is 2.26. The summed E-state index contributed by atoms with van der Waals surface area (Å²) in [5, 5.41) is 4.43. The van der Waals surface area contributed by atoms with Crippen LogP contribution in [0.15, 0.2) is 17.2 Å². The number of rotatable bonds is 3. The van der Waals surface area contributed by atoms with Crippen LogP contribution in [0, 0.1) is 20.8 Å². The number of amides is 1. The maximum Gasteiger partial charge on any atom is 0.267 e. The Kier molecular flexibility index (Phi) is 3.80. The van der Waals surface area contributed by atoms with Crippen LogP contribution in [0.5, 0.6) is 0 Å². The third-order valence-corrected chi connectivity index (χ3v) is 4.91. The molecule has 3 aromatic heterocycles. The van der Waals surface area contributed by atoms with E-state index in [9.17, 15) is 14.4 Å². The number of hydrogen-bond donors (Lipinski definition) is 1. The number of aromatic nitrogens is 4. The Labute approximate surface area is 140 Å².